The molecule has 0 saturated carbocycles. The first-order chi connectivity index (χ1) is 8.84. The molecule has 0 unspecified atom stereocenters. The van der Waals surface area contributed by atoms with Crippen molar-refractivity contribution < 1.29 is 9.53 Å². The van der Waals surface area contributed by atoms with Crippen LogP contribution in [0.4, 0.5) is 0 Å². The molecular formula is C15H16O2S. The van der Waals surface area contributed by atoms with Crippen molar-refractivity contribution >= 4 is 17.3 Å². The summed E-state index contributed by atoms with van der Waals surface area (Å²) in [5.74, 6) is -0.115. The summed E-state index contributed by atoms with van der Waals surface area (Å²) in [5.41, 5.74) is 1.03. The molecule has 0 atom stereocenters. The number of ether oxygens (including phenoxy) is 1. The van der Waals surface area contributed by atoms with Crippen LogP contribution in [0.5, 0.6) is 0 Å². The van der Waals surface area contributed by atoms with Crippen LogP contribution in [0.2, 0.25) is 0 Å². The van der Waals surface area contributed by atoms with Gasteiger partial charge in [0.1, 0.15) is 6.61 Å². The van der Waals surface area contributed by atoms with Crippen molar-refractivity contribution in [2.24, 2.45) is 0 Å². The Morgan fingerprint density at radius 3 is 2.67 bits per heavy atom. The Morgan fingerprint density at radius 2 is 1.94 bits per heavy atom. The third-order valence-corrected chi connectivity index (χ3v) is 3.56. The van der Waals surface area contributed by atoms with Crippen molar-refractivity contribution in [3.8, 4) is 0 Å². The monoisotopic (exact) mass is 260 g/mol. The number of hydrogen-bond donors (Lipinski definition) is 0. The summed E-state index contributed by atoms with van der Waals surface area (Å²) in [6.07, 6.45) is 2.30. The molecule has 0 saturated heterocycles. The van der Waals surface area contributed by atoms with Crippen LogP contribution in [-0.2, 0) is 22.6 Å². The van der Waals surface area contributed by atoms with Gasteiger partial charge in [-0.2, -0.15) is 0 Å². The van der Waals surface area contributed by atoms with E-state index in [9.17, 15) is 4.79 Å². The molecule has 0 radical (unpaired) electrons. The van der Waals surface area contributed by atoms with Gasteiger partial charge in [0, 0.05) is 11.3 Å². The van der Waals surface area contributed by atoms with E-state index in [0.717, 1.165) is 18.4 Å². The summed E-state index contributed by atoms with van der Waals surface area (Å²) >= 11 is 1.73. The number of esters is 1. The molecule has 0 aliphatic rings. The summed E-state index contributed by atoms with van der Waals surface area (Å²) in [4.78, 5) is 12.9. The largest absolute Gasteiger partial charge is 0.461 e. The van der Waals surface area contributed by atoms with Crippen LogP contribution in [-0.4, -0.2) is 5.97 Å². The van der Waals surface area contributed by atoms with Gasteiger partial charge >= 0.3 is 5.97 Å². The number of thiophene rings is 1. The molecule has 0 amide bonds. The average Bonchev–Trinajstić information content (AvgIpc) is 2.91. The molecule has 2 rings (SSSR count). The molecule has 2 nitrogen and oxygen atoms in total. The Morgan fingerprint density at radius 1 is 1.11 bits per heavy atom. The van der Waals surface area contributed by atoms with Crippen molar-refractivity contribution in [1.82, 2.24) is 0 Å². The van der Waals surface area contributed by atoms with Gasteiger partial charge in [0.2, 0.25) is 0 Å². The molecule has 1 heterocycles. The number of rotatable bonds is 6. The second-order valence-electron chi connectivity index (χ2n) is 4.08. The molecule has 0 fully saturated rings. The Hall–Kier alpha value is -1.61. The lowest BCUT2D eigenvalue weighted by Crippen LogP contribution is -2.04. The SMILES string of the molecule is O=C(CCCc1cccs1)OCc1ccccc1. The quantitative estimate of drug-likeness (QED) is 0.738. The van der Waals surface area contributed by atoms with Crippen LogP contribution in [0.1, 0.15) is 23.3 Å². The molecule has 94 valence electrons. The maximum absolute atomic E-state index is 11.5. The molecule has 1 aromatic carbocycles. The van der Waals surface area contributed by atoms with Gasteiger partial charge in [0.05, 0.1) is 0 Å². The second kappa shape index (κ2) is 6.97. The lowest BCUT2D eigenvalue weighted by Gasteiger charge is -2.04. The molecule has 1 aromatic heterocycles. The Balaban J connectivity index is 1.63. The predicted molar refractivity (Wildman–Crippen MR) is 73.5 cm³/mol. The summed E-state index contributed by atoms with van der Waals surface area (Å²) in [5, 5.41) is 2.06. The van der Waals surface area contributed by atoms with Crippen LogP contribution in [0, 0.1) is 0 Å². The zero-order valence-corrected chi connectivity index (χ0v) is 11.0. The fourth-order valence-corrected chi connectivity index (χ4v) is 2.42. The maximum atomic E-state index is 11.5. The number of benzene rings is 1. The van der Waals surface area contributed by atoms with E-state index in [0.29, 0.717) is 13.0 Å². The van der Waals surface area contributed by atoms with Gasteiger partial charge in [-0.15, -0.1) is 11.3 Å². The Bertz CT molecular complexity index is 463. The highest BCUT2D eigenvalue weighted by Crippen LogP contribution is 2.12. The average molecular weight is 260 g/mol. The van der Waals surface area contributed by atoms with Crippen LogP contribution < -0.4 is 0 Å². The minimum absolute atomic E-state index is 0.115. The molecule has 0 aliphatic heterocycles. The van der Waals surface area contributed by atoms with Crippen LogP contribution in [0.3, 0.4) is 0 Å². The zero-order chi connectivity index (χ0) is 12.6. The highest BCUT2D eigenvalue weighted by Gasteiger charge is 2.03. The molecule has 2 aromatic rings. The van der Waals surface area contributed by atoms with Crippen molar-refractivity contribution in [1.29, 1.82) is 0 Å². The summed E-state index contributed by atoms with van der Waals surface area (Å²) in [6.45, 7) is 0.374. The Labute approximate surface area is 111 Å². The van der Waals surface area contributed by atoms with Crippen molar-refractivity contribution in [2.45, 2.75) is 25.9 Å². The normalized spacial score (nSPS) is 10.2. The summed E-state index contributed by atoms with van der Waals surface area (Å²) < 4.78 is 5.21. The molecular weight excluding hydrogens is 244 g/mol. The van der Waals surface area contributed by atoms with Crippen molar-refractivity contribution in [3.63, 3.8) is 0 Å². The first-order valence-electron chi connectivity index (χ1n) is 6.06. The van der Waals surface area contributed by atoms with E-state index >= 15 is 0 Å². The first-order valence-corrected chi connectivity index (χ1v) is 6.94. The summed E-state index contributed by atoms with van der Waals surface area (Å²) in [6, 6.07) is 13.9. The highest BCUT2D eigenvalue weighted by molar-refractivity contribution is 7.09. The molecule has 0 N–H and O–H groups in total. The number of aryl methyl sites for hydroxylation is 1. The third kappa shape index (κ3) is 4.34. The van der Waals surface area contributed by atoms with E-state index < -0.39 is 0 Å². The van der Waals surface area contributed by atoms with Crippen molar-refractivity contribution in [2.75, 3.05) is 0 Å². The van der Waals surface area contributed by atoms with E-state index in [1.807, 2.05) is 36.4 Å². The molecule has 0 bridgehead atoms. The topological polar surface area (TPSA) is 26.3 Å². The van der Waals surface area contributed by atoms with Crippen LogP contribution >= 0.6 is 11.3 Å². The summed E-state index contributed by atoms with van der Waals surface area (Å²) in [7, 11) is 0. The standard InChI is InChI=1S/C15H16O2S/c16-15(10-4-8-14-9-5-11-18-14)17-12-13-6-2-1-3-7-13/h1-3,5-7,9,11H,4,8,10,12H2. The van der Waals surface area contributed by atoms with Crippen molar-refractivity contribution in [3.05, 3.63) is 58.3 Å². The van der Waals surface area contributed by atoms with Gasteiger partial charge in [-0.25, -0.2) is 0 Å². The van der Waals surface area contributed by atoms with E-state index in [1.165, 1.54) is 4.88 Å². The van der Waals surface area contributed by atoms with E-state index in [1.54, 1.807) is 11.3 Å². The highest BCUT2D eigenvalue weighted by atomic mass is 32.1. The van der Waals surface area contributed by atoms with Gasteiger partial charge in [0.25, 0.3) is 0 Å². The minimum atomic E-state index is -0.115. The molecule has 3 heteroatoms. The van der Waals surface area contributed by atoms with Gasteiger partial charge in [-0.3, -0.25) is 4.79 Å². The van der Waals surface area contributed by atoms with E-state index in [-0.39, 0.29) is 5.97 Å². The molecule has 0 spiro atoms. The smallest absolute Gasteiger partial charge is 0.306 e. The van der Waals surface area contributed by atoms with Gasteiger partial charge in [-0.05, 0) is 29.9 Å². The number of hydrogen-bond acceptors (Lipinski definition) is 3. The van der Waals surface area contributed by atoms with E-state index in [2.05, 4.69) is 11.4 Å². The fourth-order valence-electron chi connectivity index (χ4n) is 1.67. The number of carbonyl (C=O) groups excluding carboxylic acids is 1. The molecule has 0 aliphatic carbocycles. The van der Waals surface area contributed by atoms with Crippen LogP contribution in [0.15, 0.2) is 47.8 Å². The molecule has 18 heavy (non-hydrogen) atoms. The zero-order valence-electron chi connectivity index (χ0n) is 10.2. The van der Waals surface area contributed by atoms with Gasteiger partial charge in [0.15, 0.2) is 0 Å². The van der Waals surface area contributed by atoms with Gasteiger partial charge < -0.3 is 4.74 Å². The van der Waals surface area contributed by atoms with Gasteiger partial charge in [-0.1, -0.05) is 36.4 Å². The lowest BCUT2D eigenvalue weighted by molar-refractivity contribution is -0.145. The minimum Gasteiger partial charge on any atom is -0.461 e. The first kappa shape index (κ1) is 12.8. The van der Waals surface area contributed by atoms with E-state index in [4.69, 9.17) is 4.74 Å². The second-order valence-corrected chi connectivity index (χ2v) is 5.11. The fraction of sp³-hybridized carbons (Fsp3) is 0.267. The van der Waals surface area contributed by atoms with Crippen LogP contribution in [0.25, 0.3) is 0 Å². The lowest BCUT2D eigenvalue weighted by atomic mass is 10.2. The number of carbonyl (C=O) groups is 1. The predicted octanol–water partition coefficient (Wildman–Crippen LogP) is 3.81. The third-order valence-electron chi connectivity index (χ3n) is 2.63. The maximum Gasteiger partial charge on any atom is 0.306 e. The Kier molecular flexibility index (Phi) is 4.97.